The van der Waals surface area contributed by atoms with Gasteiger partial charge in [-0.05, 0) is 42.9 Å². The number of carboxylic acid groups (broad SMARTS) is 3. The van der Waals surface area contributed by atoms with E-state index in [9.17, 15) is 63.9 Å². The molecule has 0 aliphatic rings. The maximum atomic E-state index is 13.3. The number of carbonyl (C=O) groups excluding carboxylic acids is 5. The van der Waals surface area contributed by atoms with Gasteiger partial charge in [-0.15, -0.1) is 0 Å². The van der Waals surface area contributed by atoms with Gasteiger partial charge in [0, 0.05) is 0 Å². The SMILES string of the molecule is CC(C)C(NC(=O)C(N)Cc1ccc(O)cc1)C(=O)NC(CC(=O)O)C(=O)NC(C(=O)NC(CC(=O)O)C(=O)NC(C(=O)O)C(C)O)C(C)C. The average Bonchev–Trinajstić information content (AvgIpc) is 2.99. The van der Waals surface area contributed by atoms with E-state index >= 15 is 0 Å². The van der Waals surface area contributed by atoms with Gasteiger partial charge in [0.25, 0.3) is 0 Å². The van der Waals surface area contributed by atoms with E-state index in [1.165, 1.54) is 26.0 Å². The smallest absolute Gasteiger partial charge is 0.328 e. The van der Waals surface area contributed by atoms with E-state index in [4.69, 9.17) is 5.73 Å². The molecule has 1 aromatic rings. The Hall–Kier alpha value is -5.30. The summed E-state index contributed by atoms with van der Waals surface area (Å²) >= 11 is 0. The number of aliphatic hydroxyl groups is 1. The number of benzene rings is 1. The van der Waals surface area contributed by atoms with Gasteiger partial charge in [0.1, 0.15) is 29.9 Å². The Kier molecular flexibility index (Phi) is 16.8. The summed E-state index contributed by atoms with van der Waals surface area (Å²) < 4.78 is 0. The molecule has 0 radical (unpaired) electrons. The highest BCUT2D eigenvalue weighted by molar-refractivity contribution is 5.98. The van der Waals surface area contributed by atoms with Crippen LogP contribution in [0.2, 0.25) is 0 Å². The van der Waals surface area contributed by atoms with Crippen LogP contribution in [-0.4, -0.2) is 115 Å². The summed E-state index contributed by atoms with van der Waals surface area (Å²) in [5.74, 6) is -11.2. The van der Waals surface area contributed by atoms with Gasteiger partial charge in [-0.2, -0.15) is 0 Å². The molecule has 0 aromatic heterocycles. The van der Waals surface area contributed by atoms with Crippen molar-refractivity contribution in [1.82, 2.24) is 26.6 Å². The molecule has 0 saturated carbocycles. The van der Waals surface area contributed by atoms with Crippen molar-refractivity contribution >= 4 is 47.4 Å². The monoisotopic (exact) mass is 710 g/mol. The fourth-order valence-electron chi connectivity index (χ4n) is 4.50. The van der Waals surface area contributed by atoms with Crippen molar-refractivity contribution in [3.63, 3.8) is 0 Å². The highest BCUT2D eigenvalue weighted by Crippen LogP contribution is 2.12. The molecule has 7 unspecified atom stereocenters. The topological polar surface area (TPSA) is 324 Å². The lowest BCUT2D eigenvalue weighted by atomic mass is 9.99. The Morgan fingerprint density at radius 1 is 0.600 bits per heavy atom. The highest BCUT2D eigenvalue weighted by atomic mass is 16.4. The predicted molar refractivity (Wildman–Crippen MR) is 173 cm³/mol. The fraction of sp³-hybridized carbons (Fsp3) is 0.548. The second-order valence-corrected chi connectivity index (χ2v) is 12.3. The largest absolute Gasteiger partial charge is 0.508 e. The first-order chi connectivity index (χ1) is 23.1. The number of amides is 5. The Bertz CT molecular complexity index is 1400. The van der Waals surface area contributed by atoms with E-state index in [0.717, 1.165) is 6.92 Å². The van der Waals surface area contributed by atoms with Crippen LogP contribution < -0.4 is 32.3 Å². The zero-order valence-corrected chi connectivity index (χ0v) is 28.2. The Labute approximate surface area is 287 Å². The van der Waals surface area contributed by atoms with Gasteiger partial charge in [-0.1, -0.05) is 39.8 Å². The number of aliphatic carboxylic acids is 3. The second kappa shape index (κ2) is 19.6. The molecule has 0 bridgehead atoms. The second-order valence-electron chi connectivity index (χ2n) is 12.3. The summed E-state index contributed by atoms with van der Waals surface area (Å²) in [5.41, 5.74) is 6.63. The summed E-state index contributed by atoms with van der Waals surface area (Å²) in [6.45, 7) is 7.13. The Morgan fingerprint density at radius 2 is 0.980 bits per heavy atom. The molecule has 12 N–H and O–H groups in total. The van der Waals surface area contributed by atoms with Crippen LogP contribution in [0.25, 0.3) is 0 Å². The van der Waals surface area contributed by atoms with Gasteiger partial charge in [-0.25, -0.2) is 4.79 Å². The summed E-state index contributed by atoms with van der Waals surface area (Å²) in [7, 11) is 0. The van der Waals surface area contributed by atoms with E-state index in [1.807, 2.05) is 5.32 Å². The molecule has 5 amide bonds. The molecule has 0 fully saturated rings. The van der Waals surface area contributed by atoms with Crippen LogP contribution in [0.3, 0.4) is 0 Å². The lowest BCUT2D eigenvalue weighted by molar-refractivity contribution is -0.146. The van der Waals surface area contributed by atoms with Gasteiger partial charge in [0.15, 0.2) is 6.04 Å². The first-order valence-corrected chi connectivity index (χ1v) is 15.5. The van der Waals surface area contributed by atoms with Crippen LogP contribution >= 0.6 is 0 Å². The zero-order valence-electron chi connectivity index (χ0n) is 28.2. The van der Waals surface area contributed by atoms with E-state index in [1.54, 1.807) is 26.0 Å². The molecule has 1 rings (SSSR count). The molecule has 7 atom stereocenters. The van der Waals surface area contributed by atoms with Gasteiger partial charge in [0.05, 0.1) is 25.0 Å². The van der Waals surface area contributed by atoms with Crippen molar-refractivity contribution in [2.75, 3.05) is 0 Å². The molecular formula is C31H46N6O13. The summed E-state index contributed by atoms with van der Waals surface area (Å²) in [4.78, 5) is 99.9. The van der Waals surface area contributed by atoms with E-state index in [-0.39, 0.29) is 12.2 Å². The van der Waals surface area contributed by atoms with Crippen LogP contribution in [-0.2, 0) is 44.8 Å². The molecule has 19 heteroatoms. The highest BCUT2D eigenvalue weighted by Gasteiger charge is 2.36. The van der Waals surface area contributed by atoms with Crippen LogP contribution in [0.1, 0.15) is 53.0 Å². The lowest BCUT2D eigenvalue weighted by Gasteiger charge is -2.28. The number of hydrogen-bond donors (Lipinski definition) is 11. The lowest BCUT2D eigenvalue weighted by Crippen LogP contribution is -2.61. The van der Waals surface area contributed by atoms with E-state index in [0.29, 0.717) is 5.56 Å². The predicted octanol–water partition coefficient (Wildman–Crippen LogP) is -2.59. The van der Waals surface area contributed by atoms with E-state index in [2.05, 4.69) is 21.3 Å². The number of nitrogens with two attached hydrogens (primary N) is 1. The molecule has 0 saturated heterocycles. The number of phenolic OH excluding ortho intramolecular Hbond substituents is 1. The van der Waals surface area contributed by atoms with Crippen LogP contribution in [0, 0.1) is 11.8 Å². The molecule has 0 spiro atoms. The number of nitrogens with one attached hydrogen (secondary N) is 5. The average molecular weight is 711 g/mol. The maximum absolute atomic E-state index is 13.3. The fourth-order valence-corrected chi connectivity index (χ4v) is 4.50. The van der Waals surface area contributed by atoms with Crippen LogP contribution in [0.4, 0.5) is 0 Å². The van der Waals surface area contributed by atoms with Crippen molar-refractivity contribution in [2.45, 2.75) is 96.2 Å². The summed E-state index contributed by atoms with van der Waals surface area (Å²) in [6.07, 6.45) is -3.51. The van der Waals surface area contributed by atoms with Crippen molar-refractivity contribution in [3.05, 3.63) is 29.8 Å². The number of aromatic hydroxyl groups is 1. The minimum atomic E-state index is -1.86. The molecule has 19 nitrogen and oxygen atoms in total. The van der Waals surface area contributed by atoms with Gasteiger partial charge in [-0.3, -0.25) is 33.6 Å². The minimum absolute atomic E-state index is 0.0120. The van der Waals surface area contributed by atoms with Gasteiger partial charge in [0.2, 0.25) is 29.5 Å². The van der Waals surface area contributed by atoms with Crippen LogP contribution in [0.5, 0.6) is 5.75 Å². The molecule has 0 heterocycles. The number of carbonyl (C=O) groups is 8. The third-order valence-electron chi connectivity index (χ3n) is 7.29. The van der Waals surface area contributed by atoms with Crippen molar-refractivity contribution < 1.29 is 63.9 Å². The van der Waals surface area contributed by atoms with E-state index < -0.39 is 114 Å². The Morgan fingerprint density at radius 3 is 1.32 bits per heavy atom. The molecule has 0 aliphatic heterocycles. The number of hydrogen-bond acceptors (Lipinski definition) is 11. The first kappa shape index (κ1) is 42.7. The number of carboxylic acids is 3. The summed E-state index contributed by atoms with van der Waals surface area (Å²) in [6, 6.07) is -3.47. The first-order valence-electron chi connectivity index (χ1n) is 15.5. The molecular weight excluding hydrogens is 664 g/mol. The Balaban J connectivity index is 3.15. The standard InChI is InChI=1S/C31H46N6O13/c1-13(2)23(35-26(44)18(32)10-16-6-8-17(39)9-7-16)29(47)33-19(11-21(40)41)27(45)36-24(14(3)4)30(48)34-20(12-22(42)43)28(46)37-25(15(5)38)31(49)50/h6-9,13-15,18-20,23-25,38-39H,10-12,32H2,1-5H3,(H,33,47)(H,34,48)(H,35,44)(H,36,45)(H,37,46)(H,40,41)(H,42,43)(H,49,50). The van der Waals surface area contributed by atoms with Crippen molar-refractivity contribution in [2.24, 2.45) is 17.6 Å². The molecule has 278 valence electrons. The summed E-state index contributed by atoms with van der Waals surface area (Å²) in [5, 5.41) is 58.2. The third kappa shape index (κ3) is 14.0. The van der Waals surface area contributed by atoms with Gasteiger partial charge < -0.3 is 57.9 Å². The number of phenols is 1. The number of rotatable bonds is 20. The number of aliphatic hydroxyl groups excluding tert-OH is 1. The maximum Gasteiger partial charge on any atom is 0.328 e. The molecule has 0 aliphatic carbocycles. The van der Waals surface area contributed by atoms with Crippen molar-refractivity contribution in [3.8, 4) is 5.75 Å². The van der Waals surface area contributed by atoms with Crippen molar-refractivity contribution in [1.29, 1.82) is 0 Å². The van der Waals surface area contributed by atoms with Crippen LogP contribution in [0.15, 0.2) is 24.3 Å². The zero-order chi connectivity index (χ0) is 38.5. The molecule has 1 aromatic carbocycles. The minimum Gasteiger partial charge on any atom is -0.508 e. The third-order valence-corrected chi connectivity index (χ3v) is 7.29. The molecule has 50 heavy (non-hydrogen) atoms. The normalized spacial score (nSPS) is 15.3. The van der Waals surface area contributed by atoms with Gasteiger partial charge >= 0.3 is 17.9 Å². The quantitative estimate of drug-likeness (QED) is 0.0662.